The Bertz CT molecular complexity index is 624. The van der Waals surface area contributed by atoms with Gasteiger partial charge in [-0.1, -0.05) is 6.07 Å². The van der Waals surface area contributed by atoms with Crippen LogP contribution in [0.25, 0.3) is 0 Å². The number of nitrogens with one attached hydrogen (secondary N) is 1. The molecule has 0 fully saturated rings. The second-order valence-electron chi connectivity index (χ2n) is 3.58. The molecule has 0 atom stereocenters. The summed E-state index contributed by atoms with van der Waals surface area (Å²) in [5, 5.41) is 13.1. The Kier molecular flexibility index (Phi) is 3.86. The Morgan fingerprint density at radius 2 is 2.16 bits per heavy atom. The molecule has 0 aliphatic rings. The SMILES string of the molecule is CSc1cccc(NC(=O)c2ccc([N+](=O)[O-])o2)c1. The van der Waals surface area contributed by atoms with E-state index < -0.39 is 16.7 Å². The van der Waals surface area contributed by atoms with Crippen molar-refractivity contribution in [2.45, 2.75) is 4.90 Å². The Morgan fingerprint density at radius 3 is 2.79 bits per heavy atom. The highest BCUT2D eigenvalue weighted by atomic mass is 32.2. The van der Waals surface area contributed by atoms with Gasteiger partial charge in [-0.15, -0.1) is 11.8 Å². The number of amides is 1. The van der Waals surface area contributed by atoms with Crippen LogP contribution in [-0.4, -0.2) is 17.1 Å². The quantitative estimate of drug-likeness (QED) is 0.527. The van der Waals surface area contributed by atoms with Crippen LogP contribution in [0.15, 0.2) is 45.7 Å². The minimum Gasteiger partial charge on any atom is -0.395 e. The summed E-state index contributed by atoms with van der Waals surface area (Å²) < 4.78 is 4.82. The molecule has 19 heavy (non-hydrogen) atoms. The molecule has 2 rings (SSSR count). The molecular weight excluding hydrogens is 268 g/mol. The van der Waals surface area contributed by atoms with Crippen molar-refractivity contribution in [2.75, 3.05) is 11.6 Å². The van der Waals surface area contributed by atoms with E-state index in [-0.39, 0.29) is 5.76 Å². The van der Waals surface area contributed by atoms with E-state index in [0.717, 1.165) is 11.0 Å². The minimum absolute atomic E-state index is 0.0961. The number of hydrogen-bond donors (Lipinski definition) is 1. The monoisotopic (exact) mass is 278 g/mol. The molecular formula is C12H10N2O4S. The van der Waals surface area contributed by atoms with Gasteiger partial charge in [-0.25, -0.2) is 0 Å². The van der Waals surface area contributed by atoms with Crippen LogP contribution in [0.3, 0.4) is 0 Å². The van der Waals surface area contributed by atoms with E-state index in [9.17, 15) is 14.9 Å². The van der Waals surface area contributed by atoms with Gasteiger partial charge in [-0.2, -0.15) is 0 Å². The van der Waals surface area contributed by atoms with Gasteiger partial charge in [-0.05, 0) is 30.5 Å². The molecule has 2 aromatic rings. The molecule has 0 spiro atoms. The van der Waals surface area contributed by atoms with Crippen molar-refractivity contribution in [3.8, 4) is 0 Å². The van der Waals surface area contributed by atoms with Crippen molar-refractivity contribution in [2.24, 2.45) is 0 Å². The largest absolute Gasteiger partial charge is 0.433 e. The molecule has 0 unspecified atom stereocenters. The summed E-state index contributed by atoms with van der Waals surface area (Å²) in [7, 11) is 0. The van der Waals surface area contributed by atoms with Crippen LogP contribution < -0.4 is 5.32 Å². The molecule has 6 nitrogen and oxygen atoms in total. The average Bonchev–Trinajstić information content (AvgIpc) is 2.89. The second-order valence-corrected chi connectivity index (χ2v) is 4.46. The molecule has 1 aromatic heterocycles. The highest BCUT2D eigenvalue weighted by Gasteiger charge is 2.17. The highest BCUT2D eigenvalue weighted by molar-refractivity contribution is 7.98. The van der Waals surface area contributed by atoms with Gasteiger partial charge in [0.2, 0.25) is 0 Å². The zero-order valence-electron chi connectivity index (χ0n) is 9.95. The third kappa shape index (κ3) is 3.14. The Balaban J connectivity index is 2.13. The van der Waals surface area contributed by atoms with Gasteiger partial charge in [0.1, 0.15) is 4.92 Å². The van der Waals surface area contributed by atoms with E-state index in [0.29, 0.717) is 5.69 Å². The number of benzene rings is 1. The van der Waals surface area contributed by atoms with E-state index in [2.05, 4.69) is 5.32 Å². The number of carbonyl (C=O) groups excluding carboxylic acids is 1. The van der Waals surface area contributed by atoms with Gasteiger partial charge >= 0.3 is 5.88 Å². The predicted molar refractivity (Wildman–Crippen MR) is 71.5 cm³/mol. The minimum atomic E-state index is -0.689. The van der Waals surface area contributed by atoms with Gasteiger partial charge in [0.15, 0.2) is 5.76 Å². The lowest BCUT2D eigenvalue weighted by molar-refractivity contribution is -0.402. The maximum absolute atomic E-state index is 11.8. The fraction of sp³-hybridized carbons (Fsp3) is 0.0833. The van der Waals surface area contributed by atoms with Crippen LogP contribution in [0, 0.1) is 10.1 Å². The molecule has 0 saturated carbocycles. The molecule has 0 aliphatic heterocycles. The molecule has 0 saturated heterocycles. The first-order valence-corrected chi connectivity index (χ1v) is 6.52. The maximum Gasteiger partial charge on any atom is 0.433 e. The highest BCUT2D eigenvalue weighted by Crippen LogP contribution is 2.21. The van der Waals surface area contributed by atoms with Crippen LogP contribution in [0.4, 0.5) is 11.6 Å². The number of carbonyl (C=O) groups is 1. The van der Waals surface area contributed by atoms with Gasteiger partial charge in [0.05, 0.1) is 6.07 Å². The Morgan fingerprint density at radius 1 is 1.37 bits per heavy atom. The van der Waals surface area contributed by atoms with Crippen molar-refractivity contribution < 1.29 is 14.1 Å². The summed E-state index contributed by atoms with van der Waals surface area (Å²) in [5.74, 6) is -1.07. The number of anilines is 1. The smallest absolute Gasteiger partial charge is 0.395 e. The summed E-state index contributed by atoms with van der Waals surface area (Å²) in [6.45, 7) is 0. The first kappa shape index (κ1) is 13.2. The number of thioether (sulfide) groups is 1. The van der Waals surface area contributed by atoms with Crippen LogP contribution in [-0.2, 0) is 0 Å². The lowest BCUT2D eigenvalue weighted by atomic mass is 10.3. The van der Waals surface area contributed by atoms with Gasteiger partial charge in [0.25, 0.3) is 5.91 Å². The van der Waals surface area contributed by atoms with Crippen LogP contribution in [0.5, 0.6) is 0 Å². The normalized spacial score (nSPS) is 10.2. The van der Waals surface area contributed by atoms with Crippen LogP contribution >= 0.6 is 11.8 Å². The van der Waals surface area contributed by atoms with Gasteiger partial charge in [0, 0.05) is 10.6 Å². The van der Waals surface area contributed by atoms with E-state index in [1.54, 1.807) is 23.9 Å². The third-order valence-corrected chi connectivity index (χ3v) is 3.05. The zero-order valence-corrected chi connectivity index (χ0v) is 10.8. The van der Waals surface area contributed by atoms with Crippen molar-refractivity contribution in [1.82, 2.24) is 0 Å². The number of rotatable bonds is 4. The standard InChI is InChI=1S/C12H10N2O4S/c1-19-9-4-2-3-8(7-9)13-12(15)10-5-6-11(18-10)14(16)17/h2-7H,1H3,(H,13,15). The molecule has 98 valence electrons. The van der Waals surface area contributed by atoms with Crippen molar-refractivity contribution in [1.29, 1.82) is 0 Å². The van der Waals surface area contributed by atoms with Crippen molar-refractivity contribution in [3.05, 3.63) is 52.3 Å². The fourth-order valence-corrected chi connectivity index (χ4v) is 1.90. The van der Waals surface area contributed by atoms with E-state index in [1.807, 2.05) is 18.4 Å². The molecule has 1 heterocycles. The zero-order chi connectivity index (χ0) is 13.8. The van der Waals surface area contributed by atoms with E-state index in [4.69, 9.17) is 4.42 Å². The Hall–Kier alpha value is -2.28. The van der Waals surface area contributed by atoms with Crippen LogP contribution in [0.2, 0.25) is 0 Å². The summed E-state index contributed by atoms with van der Waals surface area (Å²) in [6.07, 6.45) is 1.93. The van der Waals surface area contributed by atoms with E-state index in [1.165, 1.54) is 6.07 Å². The summed E-state index contributed by atoms with van der Waals surface area (Å²) in [6, 6.07) is 9.68. The van der Waals surface area contributed by atoms with E-state index >= 15 is 0 Å². The predicted octanol–water partition coefficient (Wildman–Crippen LogP) is 3.16. The number of nitrogens with zero attached hydrogens (tertiary/aromatic N) is 1. The van der Waals surface area contributed by atoms with Gasteiger partial charge < -0.3 is 9.73 Å². The molecule has 0 radical (unpaired) electrons. The first-order valence-electron chi connectivity index (χ1n) is 5.30. The fourth-order valence-electron chi connectivity index (χ4n) is 1.44. The third-order valence-electron chi connectivity index (χ3n) is 2.32. The summed E-state index contributed by atoms with van der Waals surface area (Å²) in [5.41, 5.74) is 0.607. The molecule has 0 bridgehead atoms. The van der Waals surface area contributed by atoms with Crippen molar-refractivity contribution in [3.63, 3.8) is 0 Å². The molecule has 1 amide bonds. The number of hydrogen-bond acceptors (Lipinski definition) is 5. The molecule has 1 N–H and O–H groups in total. The summed E-state index contributed by atoms with van der Waals surface area (Å²) >= 11 is 1.55. The average molecular weight is 278 g/mol. The lowest BCUT2D eigenvalue weighted by Crippen LogP contribution is -2.10. The summed E-state index contributed by atoms with van der Waals surface area (Å²) in [4.78, 5) is 22.6. The molecule has 1 aromatic carbocycles. The lowest BCUT2D eigenvalue weighted by Gasteiger charge is -2.04. The van der Waals surface area contributed by atoms with Crippen LogP contribution in [0.1, 0.15) is 10.6 Å². The second kappa shape index (κ2) is 5.57. The Labute approximate surface area is 113 Å². The molecule has 0 aliphatic carbocycles. The maximum atomic E-state index is 11.8. The number of furan rings is 1. The van der Waals surface area contributed by atoms with Gasteiger partial charge in [-0.3, -0.25) is 14.9 Å². The topological polar surface area (TPSA) is 85.4 Å². The molecule has 7 heteroatoms. The van der Waals surface area contributed by atoms with Crippen molar-refractivity contribution >= 4 is 29.2 Å². The number of nitro groups is 1. The first-order chi connectivity index (χ1) is 9.10.